The molecule has 0 saturated heterocycles. The second kappa shape index (κ2) is 5.17. The number of nitrogens with one attached hydrogen (secondary N) is 1. The summed E-state index contributed by atoms with van der Waals surface area (Å²) in [5.74, 6) is -0.322. The van der Waals surface area contributed by atoms with Gasteiger partial charge in [0.2, 0.25) is 0 Å². The average Bonchev–Trinajstić information content (AvgIpc) is 2.31. The van der Waals surface area contributed by atoms with E-state index in [1.54, 1.807) is 26.0 Å². The Morgan fingerprint density at radius 3 is 2.71 bits per heavy atom. The summed E-state index contributed by atoms with van der Waals surface area (Å²) in [7, 11) is 1.45. The lowest BCUT2D eigenvalue weighted by Gasteiger charge is -2.22. The van der Waals surface area contributed by atoms with Crippen LogP contribution < -0.4 is 5.32 Å². The first-order valence-corrected chi connectivity index (χ1v) is 5.35. The summed E-state index contributed by atoms with van der Waals surface area (Å²) in [6.45, 7) is 3.29. The Labute approximate surface area is 105 Å². The molecule has 1 aromatic carbocycles. The molecule has 1 N–H and O–H groups in total. The Balaban J connectivity index is 2.96. The molecule has 0 aromatic heterocycles. The van der Waals surface area contributed by atoms with Crippen LogP contribution in [0.1, 0.15) is 19.4 Å². The smallest absolute Gasteiger partial charge is 0.256 e. The maximum Gasteiger partial charge on any atom is 0.256 e. The van der Waals surface area contributed by atoms with Crippen molar-refractivity contribution in [2.45, 2.75) is 19.4 Å². The van der Waals surface area contributed by atoms with E-state index in [0.29, 0.717) is 16.3 Å². The summed E-state index contributed by atoms with van der Waals surface area (Å²) < 4.78 is 5.05. The topological polar surface area (TPSA) is 62.1 Å². The number of nitrogens with zero attached hydrogens (tertiary/aromatic N) is 1. The van der Waals surface area contributed by atoms with Gasteiger partial charge in [0.25, 0.3) is 5.91 Å². The minimum absolute atomic E-state index is 0.322. The first-order valence-electron chi connectivity index (χ1n) is 4.97. The van der Waals surface area contributed by atoms with Crippen molar-refractivity contribution in [1.29, 1.82) is 5.26 Å². The van der Waals surface area contributed by atoms with Gasteiger partial charge in [0.1, 0.15) is 5.60 Å². The van der Waals surface area contributed by atoms with Crippen molar-refractivity contribution < 1.29 is 9.53 Å². The molecule has 0 unspecified atom stereocenters. The summed E-state index contributed by atoms with van der Waals surface area (Å²) in [6, 6.07) is 6.65. The van der Waals surface area contributed by atoms with Gasteiger partial charge in [-0.05, 0) is 32.0 Å². The SMILES string of the molecule is COC(C)(C)C(=O)Nc1cc(C#N)ccc1Cl. The summed E-state index contributed by atoms with van der Waals surface area (Å²) in [6.07, 6.45) is 0. The first kappa shape index (κ1) is 13.5. The van der Waals surface area contributed by atoms with E-state index in [-0.39, 0.29) is 5.91 Å². The molecule has 0 aliphatic rings. The number of hydrogen-bond donors (Lipinski definition) is 1. The predicted octanol–water partition coefficient (Wildman–Crippen LogP) is 2.58. The third-order valence-corrected chi connectivity index (χ3v) is 2.73. The molecule has 0 aliphatic carbocycles. The number of ether oxygens (including phenoxy) is 1. The molecule has 1 rings (SSSR count). The number of benzene rings is 1. The minimum atomic E-state index is -0.952. The summed E-state index contributed by atoms with van der Waals surface area (Å²) >= 11 is 5.93. The van der Waals surface area contributed by atoms with E-state index >= 15 is 0 Å². The largest absolute Gasteiger partial charge is 0.369 e. The van der Waals surface area contributed by atoms with E-state index < -0.39 is 5.60 Å². The maximum absolute atomic E-state index is 11.8. The molecule has 0 fully saturated rings. The van der Waals surface area contributed by atoms with Gasteiger partial charge in [-0.25, -0.2) is 0 Å². The number of carbonyl (C=O) groups excluding carboxylic acids is 1. The van der Waals surface area contributed by atoms with Gasteiger partial charge in [-0.2, -0.15) is 5.26 Å². The second-order valence-electron chi connectivity index (χ2n) is 3.97. The van der Waals surface area contributed by atoms with Crippen LogP contribution in [-0.4, -0.2) is 18.6 Å². The molecule has 0 heterocycles. The van der Waals surface area contributed by atoms with Gasteiger partial charge in [-0.15, -0.1) is 0 Å². The fraction of sp³-hybridized carbons (Fsp3) is 0.333. The Hall–Kier alpha value is -1.57. The number of halogens is 1. The number of anilines is 1. The van der Waals surface area contributed by atoms with Crippen LogP contribution in [-0.2, 0) is 9.53 Å². The highest BCUT2D eigenvalue weighted by atomic mass is 35.5. The number of hydrogen-bond acceptors (Lipinski definition) is 3. The van der Waals surface area contributed by atoms with Crippen molar-refractivity contribution in [3.63, 3.8) is 0 Å². The molecule has 5 heteroatoms. The van der Waals surface area contributed by atoms with Crippen molar-refractivity contribution in [2.24, 2.45) is 0 Å². The van der Waals surface area contributed by atoms with Crippen molar-refractivity contribution >= 4 is 23.2 Å². The third-order valence-electron chi connectivity index (χ3n) is 2.40. The van der Waals surface area contributed by atoms with Gasteiger partial charge < -0.3 is 10.1 Å². The summed E-state index contributed by atoms with van der Waals surface area (Å²) in [5.41, 5.74) is -0.118. The highest BCUT2D eigenvalue weighted by Crippen LogP contribution is 2.24. The molecular formula is C12H13ClN2O2. The Kier molecular flexibility index (Phi) is 4.11. The number of carbonyl (C=O) groups is 1. The minimum Gasteiger partial charge on any atom is -0.369 e. The zero-order chi connectivity index (χ0) is 13.1. The van der Waals surface area contributed by atoms with Crippen LogP contribution in [0.5, 0.6) is 0 Å². The van der Waals surface area contributed by atoms with Gasteiger partial charge in [0.05, 0.1) is 22.3 Å². The standard InChI is InChI=1S/C12H13ClN2O2/c1-12(2,17-3)11(16)15-10-6-8(7-14)4-5-9(10)13/h4-6H,1-3H3,(H,15,16). The van der Waals surface area contributed by atoms with Crippen LogP contribution in [0.2, 0.25) is 5.02 Å². The Morgan fingerprint density at radius 1 is 1.53 bits per heavy atom. The van der Waals surface area contributed by atoms with E-state index in [1.165, 1.54) is 13.2 Å². The normalized spacial score (nSPS) is 10.8. The lowest BCUT2D eigenvalue weighted by atomic mass is 10.1. The highest BCUT2D eigenvalue weighted by molar-refractivity contribution is 6.33. The molecule has 0 saturated carbocycles. The van der Waals surface area contributed by atoms with Gasteiger partial charge >= 0.3 is 0 Å². The number of nitriles is 1. The lowest BCUT2D eigenvalue weighted by molar-refractivity contribution is -0.133. The zero-order valence-corrected chi connectivity index (χ0v) is 10.6. The zero-order valence-electron chi connectivity index (χ0n) is 9.87. The van der Waals surface area contributed by atoms with E-state index in [1.807, 2.05) is 6.07 Å². The van der Waals surface area contributed by atoms with Gasteiger partial charge in [0.15, 0.2) is 0 Å². The van der Waals surface area contributed by atoms with Gasteiger partial charge in [-0.1, -0.05) is 11.6 Å². The Morgan fingerprint density at radius 2 is 2.18 bits per heavy atom. The number of amides is 1. The first-order chi connectivity index (χ1) is 7.90. The molecule has 17 heavy (non-hydrogen) atoms. The molecule has 0 bridgehead atoms. The molecule has 0 aliphatic heterocycles. The number of rotatable bonds is 3. The van der Waals surface area contributed by atoms with Gasteiger partial charge in [-0.3, -0.25) is 4.79 Å². The molecule has 1 aromatic rings. The quantitative estimate of drug-likeness (QED) is 0.899. The van der Waals surface area contributed by atoms with Crippen molar-refractivity contribution in [3.8, 4) is 6.07 Å². The monoisotopic (exact) mass is 252 g/mol. The molecule has 1 amide bonds. The molecule has 0 spiro atoms. The third kappa shape index (κ3) is 3.19. The van der Waals surface area contributed by atoms with Crippen LogP contribution in [0.15, 0.2) is 18.2 Å². The molecule has 0 atom stereocenters. The summed E-state index contributed by atoms with van der Waals surface area (Å²) in [4.78, 5) is 11.8. The average molecular weight is 253 g/mol. The van der Waals surface area contributed by atoms with E-state index in [0.717, 1.165) is 0 Å². The van der Waals surface area contributed by atoms with Crippen LogP contribution in [0, 0.1) is 11.3 Å². The second-order valence-corrected chi connectivity index (χ2v) is 4.38. The molecule has 90 valence electrons. The summed E-state index contributed by atoms with van der Waals surface area (Å²) in [5, 5.41) is 11.8. The fourth-order valence-corrected chi connectivity index (χ4v) is 1.22. The van der Waals surface area contributed by atoms with Gasteiger partial charge in [0, 0.05) is 7.11 Å². The predicted molar refractivity (Wildman–Crippen MR) is 65.9 cm³/mol. The molecule has 0 radical (unpaired) electrons. The van der Waals surface area contributed by atoms with Crippen molar-refractivity contribution in [2.75, 3.05) is 12.4 Å². The lowest BCUT2D eigenvalue weighted by Crippen LogP contribution is -2.38. The fourth-order valence-electron chi connectivity index (χ4n) is 1.06. The van der Waals surface area contributed by atoms with Crippen molar-refractivity contribution in [3.05, 3.63) is 28.8 Å². The van der Waals surface area contributed by atoms with Crippen molar-refractivity contribution in [1.82, 2.24) is 0 Å². The van der Waals surface area contributed by atoms with Crippen LogP contribution in [0.4, 0.5) is 5.69 Å². The maximum atomic E-state index is 11.8. The van der Waals surface area contributed by atoms with E-state index in [9.17, 15) is 4.79 Å². The van der Waals surface area contributed by atoms with Crippen LogP contribution in [0.3, 0.4) is 0 Å². The number of methoxy groups -OCH3 is 1. The molecule has 4 nitrogen and oxygen atoms in total. The van der Waals surface area contributed by atoms with Crippen LogP contribution in [0.25, 0.3) is 0 Å². The molecular weight excluding hydrogens is 240 g/mol. The Bertz CT molecular complexity index is 478. The van der Waals surface area contributed by atoms with Crippen LogP contribution >= 0.6 is 11.6 Å². The highest BCUT2D eigenvalue weighted by Gasteiger charge is 2.27. The van der Waals surface area contributed by atoms with E-state index in [2.05, 4.69) is 5.32 Å². The van der Waals surface area contributed by atoms with E-state index in [4.69, 9.17) is 21.6 Å².